The van der Waals surface area contributed by atoms with Crippen molar-refractivity contribution in [1.82, 2.24) is 4.98 Å². The van der Waals surface area contributed by atoms with Crippen molar-refractivity contribution in [2.45, 2.75) is 6.54 Å². The minimum atomic E-state index is 0.514. The number of aromatic nitrogens is 1. The lowest BCUT2D eigenvalue weighted by Crippen LogP contribution is -1.95. The number of oxazole rings is 1. The molecule has 1 heterocycles. The Hall–Kier alpha value is -1.65. The highest BCUT2D eigenvalue weighted by molar-refractivity contribution is 9.10. The summed E-state index contributed by atoms with van der Waals surface area (Å²) in [7, 11) is 0. The standard InChI is InChI=1S/C14H11BrN2O/c15-11-4-5-13-12(7-11)17-14(18-13)10-3-1-2-9(6-10)8-16/h1-7H,8,16H2. The van der Waals surface area contributed by atoms with Gasteiger partial charge in [-0.3, -0.25) is 0 Å². The number of fused-ring (bicyclic) bond motifs is 1. The van der Waals surface area contributed by atoms with Crippen molar-refractivity contribution in [3.05, 3.63) is 52.5 Å². The SMILES string of the molecule is NCc1cccc(-c2nc3cc(Br)ccc3o2)c1. The van der Waals surface area contributed by atoms with Crippen LogP contribution in [0.4, 0.5) is 0 Å². The first-order valence-electron chi connectivity index (χ1n) is 5.62. The van der Waals surface area contributed by atoms with Crippen LogP contribution in [0.1, 0.15) is 5.56 Å². The summed E-state index contributed by atoms with van der Waals surface area (Å²) in [6.45, 7) is 0.514. The average Bonchev–Trinajstić information content (AvgIpc) is 2.81. The topological polar surface area (TPSA) is 52.0 Å². The maximum atomic E-state index is 5.74. The van der Waals surface area contributed by atoms with Crippen molar-refractivity contribution in [2.75, 3.05) is 0 Å². The van der Waals surface area contributed by atoms with E-state index in [1.807, 2.05) is 42.5 Å². The summed E-state index contributed by atoms with van der Waals surface area (Å²) in [6, 6.07) is 13.7. The van der Waals surface area contributed by atoms with Crippen LogP contribution >= 0.6 is 15.9 Å². The fraction of sp³-hybridized carbons (Fsp3) is 0.0714. The van der Waals surface area contributed by atoms with Crippen LogP contribution in [0.5, 0.6) is 0 Å². The molecule has 0 atom stereocenters. The van der Waals surface area contributed by atoms with Crippen LogP contribution < -0.4 is 5.73 Å². The molecular formula is C14H11BrN2O. The Kier molecular flexibility index (Phi) is 2.89. The summed E-state index contributed by atoms with van der Waals surface area (Å²) >= 11 is 3.42. The molecule has 2 N–H and O–H groups in total. The van der Waals surface area contributed by atoms with E-state index >= 15 is 0 Å². The number of hydrogen-bond donors (Lipinski definition) is 1. The lowest BCUT2D eigenvalue weighted by atomic mass is 10.1. The van der Waals surface area contributed by atoms with E-state index < -0.39 is 0 Å². The molecule has 0 aliphatic rings. The Bertz CT molecular complexity index is 706. The highest BCUT2D eigenvalue weighted by Gasteiger charge is 2.08. The Labute approximate surface area is 113 Å². The first kappa shape index (κ1) is 11.4. The normalized spacial score (nSPS) is 11.0. The van der Waals surface area contributed by atoms with E-state index in [4.69, 9.17) is 10.2 Å². The van der Waals surface area contributed by atoms with Crippen LogP contribution in [0.2, 0.25) is 0 Å². The lowest BCUT2D eigenvalue weighted by molar-refractivity contribution is 0.619. The molecule has 3 aromatic rings. The predicted octanol–water partition coefficient (Wildman–Crippen LogP) is 3.72. The van der Waals surface area contributed by atoms with Crippen molar-refractivity contribution in [2.24, 2.45) is 5.73 Å². The molecule has 0 fully saturated rings. The van der Waals surface area contributed by atoms with Gasteiger partial charge in [-0.05, 0) is 35.9 Å². The van der Waals surface area contributed by atoms with E-state index in [2.05, 4.69) is 20.9 Å². The van der Waals surface area contributed by atoms with Crippen molar-refractivity contribution in [3.8, 4) is 11.5 Å². The van der Waals surface area contributed by atoms with E-state index in [-0.39, 0.29) is 0 Å². The molecule has 0 unspecified atom stereocenters. The van der Waals surface area contributed by atoms with Crippen molar-refractivity contribution >= 4 is 27.0 Å². The van der Waals surface area contributed by atoms with Gasteiger partial charge in [0, 0.05) is 16.6 Å². The molecule has 0 saturated heterocycles. The number of halogens is 1. The van der Waals surface area contributed by atoms with Crippen LogP contribution in [0.3, 0.4) is 0 Å². The van der Waals surface area contributed by atoms with Gasteiger partial charge in [0.25, 0.3) is 0 Å². The number of nitrogens with zero attached hydrogens (tertiary/aromatic N) is 1. The molecular weight excluding hydrogens is 292 g/mol. The zero-order chi connectivity index (χ0) is 12.5. The Balaban J connectivity index is 2.13. The quantitative estimate of drug-likeness (QED) is 0.785. The molecule has 18 heavy (non-hydrogen) atoms. The van der Waals surface area contributed by atoms with E-state index in [1.54, 1.807) is 0 Å². The van der Waals surface area contributed by atoms with E-state index in [9.17, 15) is 0 Å². The molecule has 0 aliphatic heterocycles. The smallest absolute Gasteiger partial charge is 0.227 e. The Morgan fingerprint density at radius 1 is 1.17 bits per heavy atom. The van der Waals surface area contributed by atoms with Crippen molar-refractivity contribution in [3.63, 3.8) is 0 Å². The molecule has 2 aromatic carbocycles. The van der Waals surface area contributed by atoms with Crippen molar-refractivity contribution in [1.29, 1.82) is 0 Å². The van der Waals surface area contributed by atoms with Gasteiger partial charge >= 0.3 is 0 Å². The van der Waals surface area contributed by atoms with Crippen LogP contribution in [-0.4, -0.2) is 4.98 Å². The number of benzene rings is 2. The number of nitrogens with two attached hydrogens (primary N) is 1. The monoisotopic (exact) mass is 302 g/mol. The van der Waals surface area contributed by atoms with Gasteiger partial charge in [-0.25, -0.2) is 4.98 Å². The van der Waals surface area contributed by atoms with E-state index in [0.29, 0.717) is 12.4 Å². The molecule has 90 valence electrons. The summed E-state index contributed by atoms with van der Waals surface area (Å²) < 4.78 is 6.73. The van der Waals surface area contributed by atoms with Gasteiger partial charge in [-0.15, -0.1) is 0 Å². The first-order chi connectivity index (χ1) is 8.76. The summed E-state index contributed by atoms with van der Waals surface area (Å²) in [4.78, 5) is 4.48. The molecule has 0 spiro atoms. The van der Waals surface area contributed by atoms with Gasteiger partial charge in [0.05, 0.1) is 0 Å². The maximum absolute atomic E-state index is 5.74. The van der Waals surface area contributed by atoms with Gasteiger partial charge in [-0.2, -0.15) is 0 Å². The summed E-state index contributed by atoms with van der Waals surface area (Å²) in [5.74, 6) is 0.624. The van der Waals surface area contributed by atoms with Gasteiger partial charge < -0.3 is 10.2 Å². The summed E-state index contributed by atoms with van der Waals surface area (Å²) in [6.07, 6.45) is 0. The fourth-order valence-electron chi connectivity index (χ4n) is 1.86. The highest BCUT2D eigenvalue weighted by atomic mass is 79.9. The second-order valence-corrected chi connectivity index (χ2v) is 4.95. The third kappa shape index (κ3) is 2.05. The van der Waals surface area contributed by atoms with Gasteiger partial charge in [-0.1, -0.05) is 28.1 Å². The zero-order valence-electron chi connectivity index (χ0n) is 9.56. The van der Waals surface area contributed by atoms with Crippen LogP contribution in [0.15, 0.2) is 51.4 Å². The minimum absolute atomic E-state index is 0.514. The molecule has 0 saturated carbocycles. The van der Waals surface area contributed by atoms with Crippen molar-refractivity contribution < 1.29 is 4.42 Å². The molecule has 3 nitrogen and oxygen atoms in total. The zero-order valence-corrected chi connectivity index (χ0v) is 11.1. The van der Waals surface area contributed by atoms with Gasteiger partial charge in [0.1, 0.15) is 5.52 Å². The largest absolute Gasteiger partial charge is 0.436 e. The first-order valence-corrected chi connectivity index (χ1v) is 6.41. The molecule has 4 heteroatoms. The van der Waals surface area contributed by atoms with Gasteiger partial charge in [0.2, 0.25) is 5.89 Å². The highest BCUT2D eigenvalue weighted by Crippen LogP contribution is 2.26. The fourth-order valence-corrected chi connectivity index (χ4v) is 2.20. The minimum Gasteiger partial charge on any atom is -0.436 e. The molecule has 0 amide bonds. The van der Waals surface area contributed by atoms with E-state index in [0.717, 1.165) is 26.7 Å². The van der Waals surface area contributed by atoms with Crippen LogP contribution in [0.25, 0.3) is 22.6 Å². The molecule has 1 aromatic heterocycles. The molecule has 3 rings (SSSR count). The second-order valence-electron chi connectivity index (χ2n) is 4.04. The third-order valence-corrected chi connectivity index (χ3v) is 3.25. The predicted molar refractivity (Wildman–Crippen MR) is 75.0 cm³/mol. The van der Waals surface area contributed by atoms with Crippen LogP contribution in [-0.2, 0) is 6.54 Å². The molecule has 0 radical (unpaired) electrons. The second kappa shape index (κ2) is 4.55. The summed E-state index contributed by atoms with van der Waals surface area (Å²) in [5.41, 5.74) is 9.28. The maximum Gasteiger partial charge on any atom is 0.227 e. The van der Waals surface area contributed by atoms with E-state index in [1.165, 1.54) is 0 Å². The molecule has 0 aliphatic carbocycles. The lowest BCUT2D eigenvalue weighted by Gasteiger charge is -1.98. The molecule has 0 bridgehead atoms. The number of hydrogen-bond acceptors (Lipinski definition) is 3. The van der Waals surface area contributed by atoms with Crippen LogP contribution in [0, 0.1) is 0 Å². The Morgan fingerprint density at radius 3 is 2.89 bits per heavy atom. The number of rotatable bonds is 2. The average molecular weight is 303 g/mol. The third-order valence-electron chi connectivity index (χ3n) is 2.76. The summed E-state index contributed by atoms with van der Waals surface area (Å²) in [5, 5.41) is 0. The Morgan fingerprint density at radius 2 is 2.06 bits per heavy atom. The van der Waals surface area contributed by atoms with Gasteiger partial charge in [0.15, 0.2) is 5.58 Å².